The van der Waals surface area contributed by atoms with E-state index in [4.69, 9.17) is 4.74 Å². The van der Waals surface area contributed by atoms with Crippen molar-refractivity contribution in [2.75, 3.05) is 13.2 Å². The molecule has 0 unspecified atom stereocenters. The Morgan fingerprint density at radius 1 is 1.15 bits per heavy atom. The predicted octanol–water partition coefficient (Wildman–Crippen LogP) is 5.24. The van der Waals surface area contributed by atoms with Crippen LogP contribution in [0.5, 0.6) is 0 Å². The molecule has 4 aromatic rings. The molecule has 1 aliphatic rings. The first-order chi connectivity index (χ1) is 15.8. The largest absolute Gasteiger partial charge is 0.434 e. The number of hydrogen-bond acceptors (Lipinski definition) is 4. The van der Waals surface area contributed by atoms with Crippen LogP contribution in [0.25, 0.3) is 22.6 Å². The Morgan fingerprint density at radius 3 is 2.70 bits per heavy atom. The number of rotatable bonds is 4. The number of hydrogen-bond donors (Lipinski definition) is 2. The highest BCUT2D eigenvalue weighted by Crippen LogP contribution is 2.33. The number of ketones is 1. The molecule has 0 radical (unpaired) electrons. The second-order valence-corrected chi connectivity index (χ2v) is 7.90. The summed E-state index contributed by atoms with van der Waals surface area (Å²) in [5, 5.41) is 0. The Balaban J connectivity index is 1.47. The second kappa shape index (κ2) is 8.11. The van der Waals surface area contributed by atoms with E-state index < -0.39 is 29.0 Å². The lowest BCUT2D eigenvalue weighted by atomic mass is 9.91. The number of pyridine rings is 1. The van der Waals surface area contributed by atoms with Gasteiger partial charge in [-0.2, -0.15) is 13.2 Å². The van der Waals surface area contributed by atoms with Crippen LogP contribution < -0.4 is 0 Å². The molecule has 1 saturated heterocycles. The van der Waals surface area contributed by atoms with Gasteiger partial charge in [0, 0.05) is 31.2 Å². The number of carbonyl (C=O) groups is 1. The van der Waals surface area contributed by atoms with E-state index in [1.807, 2.05) is 6.07 Å². The van der Waals surface area contributed by atoms with Crippen molar-refractivity contribution < 1.29 is 27.1 Å². The van der Waals surface area contributed by atoms with Gasteiger partial charge in [-0.15, -0.1) is 0 Å². The van der Waals surface area contributed by atoms with E-state index in [1.165, 1.54) is 24.4 Å². The minimum atomic E-state index is -4.76. The topological polar surface area (TPSA) is 83.7 Å². The third kappa shape index (κ3) is 4.02. The fourth-order valence-electron chi connectivity index (χ4n) is 4.12. The van der Waals surface area contributed by atoms with Crippen molar-refractivity contribution in [3.05, 3.63) is 70.9 Å². The first-order valence-corrected chi connectivity index (χ1v) is 10.3. The number of benzene rings is 1. The summed E-state index contributed by atoms with van der Waals surface area (Å²) in [6, 6.07) is 7.07. The standard InChI is InChI=1S/C23H18F4N4O2/c24-16-8-13(12-3-6-33-7-4-12)9-17-19(16)31-22(30-17)18-10-14(11-29-18)20(32)15-2-1-5-28-21(15)23(25,26)27/h1-2,5,8-12,29H,3-4,6-7H2,(H,30,31). The quantitative estimate of drug-likeness (QED) is 0.324. The lowest BCUT2D eigenvalue weighted by molar-refractivity contribution is -0.141. The van der Waals surface area contributed by atoms with Crippen molar-refractivity contribution in [3.63, 3.8) is 0 Å². The third-order valence-corrected chi connectivity index (χ3v) is 5.78. The number of fused-ring (bicyclic) bond motifs is 1. The molecule has 0 atom stereocenters. The lowest BCUT2D eigenvalue weighted by Crippen LogP contribution is -2.15. The van der Waals surface area contributed by atoms with Crippen molar-refractivity contribution in [3.8, 4) is 11.5 Å². The summed E-state index contributed by atoms with van der Waals surface area (Å²) in [6.45, 7) is 1.26. The molecule has 4 heterocycles. The number of aromatic amines is 2. The van der Waals surface area contributed by atoms with Crippen LogP contribution in [0, 0.1) is 5.82 Å². The first kappa shape index (κ1) is 21.3. The van der Waals surface area contributed by atoms with E-state index in [0.717, 1.165) is 30.7 Å². The normalized spacial score (nSPS) is 15.3. The molecule has 0 amide bonds. The van der Waals surface area contributed by atoms with Crippen molar-refractivity contribution in [2.45, 2.75) is 24.9 Å². The van der Waals surface area contributed by atoms with Crippen LogP contribution >= 0.6 is 0 Å². The molecule has 10 heteroatoms. The molecule has 1 fully saturated rings. The molecule has 3 aromatic heterocycles. The number of alkyl halides is 3. The minimum Gasteiger partial charge on any atom is -0.381 e. The van der Waals surface area contributed by atoms with Crippen molar-refractivity contribution >= 4 is 16.8 Å². The van der Waals surface area contributed by atoms with Crippen LogP contribution in [-0.4, -0.2) is 38.9 Å². The summed E-state index contributed by atoms with van der Waals surface area (Å²) in [4.78, 5) is 26.2. The fourth-order valence-corrected chi connectivity index (χ4v) is 4.12. The average molecular weight is 458 g/mol. The van der Waals surface area contributed by atoms with Gasteiger partial charge in [0.25, 0.3) is 0 Å². The molecule has 1 aromatic carbocycles. The Morgan fingerprint density at radius 2 is 1.94 bits per heavy atom. The number of nitrogens with one attached hydrogen (secondary N) is 2. The molecule has 0 bridgehead atoms. The van der Waals surface area contributed by atoms with Gasteiger partial charge < -0.3 is 14.7 Å². The van der Waals surface area contributed by atoms with Gasteiger partial charge in [0.1, 0.15) is 5.52 Å². The number of carbonyl (C=O) groups excluding carboxylic acids is 1. The van der Waals surface area contributed by atoms with E-state index in [0.29, 0.717) is 24.4 Å². The molecule has 0 aliphatic carbocycles. The molecule has 0 spiro atoms. The monoisotopic (exact) mass is 458 g/mol. The molecule has 170 valence electrons. The Hall–Kier alpha value is -3.53. The van der Waals surface area contributed by atoms with E-state index in [2.05, 4.69) is 19.9 Å². The van der Waals surface area contributed by atoms with Gasteiger partial charge in [0.05, 0.1) is 16.8 Å². The molecule has 2 N–H and O–H groups in total. The molecular formula is C23H18F4N4O2. The molecule has 0 saturated carbocycles. The summed E-state index contributed by atoms with van der Waals surface area (Å²) < 4.78 is 59.8. The lowest BCUT2D eigenvalue weighted by Gasteiger charge is -2.22. The van der Waals surface area contributed by atoms with E-state index >= 15 is 0 Å². The van der Waals surface area contributed by atoms with Crippen LogP contribution in [0.15, 0.2) is 42.7 Å². The Kier molecular flexibility index (Phi) is 5.24. The maximum atomic E-state index is 14.8. The number of aromatic nitrogens is 4. The van der Waals surface area contributed by atoms with Crippen LogP contribution in [0.1, 0.15) is 45.9 Å². The van der Waals surface area contributed by atoms with Gasteiger partial charge in [0.15, 0.2) is 23.1 Å². The Labute approximate surface area is 185 Å². The first-order valence-electron chi connectivity index (χ1n) is 10.3. The van der Waals surface area contributed by atoms with Crippen LogP contribution in [0.2, 0.25) is 0 Å². The van der Waals surface area contributed by atoms with E-state index in [1.54, 1.807) is 0 Å². The molecule has 1 aliphatic heterocycles. The zero-order valence-electron chi connectivity index (χ0n) is 17.2. The highest BCUT2D eigenvalue weighted by Gasteiger charge is 2.37. The smallest absolute Gasteiger partial charge is 0.381 e. The summed E-state index contributed by atoms with van der Waals surface area (Å²) in [5.74, 6) is -0.831. The Bertz CT molecular complexity index is 1340. The zero-order valence-corrected chi connectivity index (χ0v) is 17.2. The van der Waals surface area contributed by atoms with Crippen LogP contribution in [0.3, 0.4) is 0 Å². The number of nitrogens with zero attached hydrogens (tertiary/aromatic N) is 2. The number of H-pyrrole nitrogens is 2. The fraction of sp³-hybridized carbons (Fsp3) is 0.261. The average Bonchev–Trinajstić information content (AvgIpc) is 3.46. The zero-order chi connectivity index (χ0) is 23.2. The summed E-state index contributed by atoms with van der Waals surface area (Å²) in [7, 11) is 0. The van der Waals surface area contributed by atoms with Gasteiger partial charge >= 0.3 is 6.18 Å². The van der Waals surface area contributed by atoms with E-state index in [9.17, 15) is 22.4 Å². The molecule has 33 heavy (non-hydrogen) atoms. The second-order valence-electron chi connectivity index (χ2n) is 7.90. The molecule has 6 nitrogen and oxygen atoms in total. The van der Waals surface area contributed by atoms with Gasteiger partial charge in [0.2, 0.25) is 0 Å². The summed E-state index contributed by atoms with van der Waals surface area (Å²) >= 11 is 0. The van der Waals surface area contributed by atoms with Crippen molar-refractivity contribution in [2.24, 2.45) is 0 Å². The van der Waals surface area contributed by atoms with Crippen LogP contribution in [0.4, 0.5) is 17.6 Å². The minimum absolute atomic E-state index is 0.00678. The maximum absolute atomic E-state index is 14.8. The van der Waals surface area contributed by atoms with Crippen molar-refractivity contribution in [1.29, 1.82) is 0 Å². The molecular weight excluding hydrogens is 440 g/mol. The van der Waals surface area contributed by atoms with Gasteiger partial charge in [-0.05, 0) is 54.7 Å². The number of ether oxygens (including phenoxy) is 1. The maximum Gasteiger partial charge on any atom is 0.434 e. The highest BCUT2D eigenvalue weighted by atomic mass is 19.4. The van der Waals surface area contributed by atoms with Crippen molar-refractivity contribution in [1.82, 2.24) is 19.9 Å². The van der Waals surface area contributed by atoms with Gasteiger partial charge in [-0.25, -0.2) is 9.37 Å². The highest BCUT2D eigenvalue weighted by molar-refractivity contribution is 6.10. The number of imidazole rings is 1. The molecule has 5 rings (SSSR count). The van der Waals surface area contributed by atoms with Gasteiger partial charge in [-0.3, -0.25) is 9.78 Å². The summed E-state index contributed by atoms with van der Waals surface area (Å²) in [5.41, 5.74) is 0.0652. The number of halogens is 4. The van der Waals surface area contributed by atoms with Crippen LogP contribution in [-0.2, 0) is 10.9 Å². The predicted molar refractivity (Wildman–Crippen MR) is 111 cm³/mol. The third-order valence-electron chi connectivity index (χ3n) is 5.78. The van der Waals surface area contributed by atoms with E-state index in [-0.39, 0.29) is 22.8 Å². The van der Waals surface area contributed by atoms with Gasteiger partial charge in [-0.1, -0.05) is 0 Å². The summed E-state index contributed by atoms with van der Waals surface area (Å²) in [6.07, 6.45) is -0.865. The SMILES string of the molecule is O=C(c1c[nH]c(-c2nc3c(F)cc(C4CCOCC4)cc3[nH]2)c1)c1cccnc1C(F)(F)F.